The van der Waals surface area contributed by atoms with Gasteiger partial charge in [0.05, 0.1) is 0 Å². The lowest BCUT2D eigenvalue weighted by Gasteiger charge is -2.17. The molecule has 16 heavy (non-hydrogen) atoms. The maximum Gasteiger partial charge on any atom is 0.0410 e. The van der Waals surface area contributed by atoms with Crippen molar-refractivity contribution in [1.82, 2.24) is 10.3 Å². The van der Waals surface area contributed by atoms with E-state index in [2.05, 4.69) is 32.3 Å². The molecule has 0 bridgehead atoms. The van der Waals surface area contributed by atoms with Crippen LogP contribution in [-0.2, 0) is 6.54 Å². The van der Waals surface area contributed by atoms with E-state index in [0.717, 1.165) is 28.9 Å². The molecule has 3 rings (SSSR count). The molecule has 2 fully saturated rings. The smallest absolute Gasteiger partial charge is 0.0410 e. The Morgan fingerprint density at radius 3 is 2.50 bits per heavy atom. The minimum absolute atomic E-state index is 0.777. The molecule has 1 heterocycles. The summed E-state index contributed by atoms with van der Waals surface area (Å²) in [5, 5.41) is 3.73. The third kappa shape index (κ3) is 2.64. The van der Waals surface area contributed by atoms with Gasteiger partial charge >= 0.3 is 0 Å². The molecule has 2 aliphatic carbocycles. The lowest BCUT2D eigenvalue weighted by atomic mass is 10.1. The summed E-state index contributed by atoms with van der Waals surface area (Å²) < 4.78 is 1.07. The summed E-state index contributed by atoms with van der Waals surface area (Å²) in [6, 6.07) is 2.93. The van der Waals surface area contributed by atoms with Crippen molar-refractivity contribution >= 4 is 15.9 Å². The van der Waals surface area contributed by atoms with Crippen molar-refractivity contribution in [3.63, 3.8) is 0 Å². The first kappa shape index (κ1) is 10.7. The fraction of sp³-hybridized carbons (Fsp3) is 0.615. The number of pyridine rings is 1. The molecule has 0 amide bonds. The standard InChI is InChI=1S/C13H17BrN2/c14-12-5-9(6-15-8-12)7-16-13(10-1-2-10)11-3-4-11/h5-6,8,10-11,13,16H,1-4,7H2. The van der Waals surface area contributed by atoms with Gasteiger partial charge in [-0.15, -0.1) is 0 Å². The first-order valence-electron chi connectivity index (χ1n) is 6.16. The van der Waals surface area contributed by atoms with Crippen LogP contribution in [0, 0.1) is 11.8 Å². The van der Waals surface area contributed by atoms with Crippen LogP contribution in [0.3, 0.4) is 0 Å². The second-order valence-corrected chi connectivity index (χ2v) is 6.01. The fourth-order valence-corrected chi connectivity index (χ4v) is 2.83. The molecule has 1 aromatic heterocycles. The summed E-state index contributed by atoms with van der Waals surface area (Å²) in [4.78, 5) is 4.20. The molecule has 2 nitrogen and oxygen atoms in total. The third-order valence-corrected chi connectivity index (χ3v) is 4.00. The summed E-state index contributed by atoms with van der Waals surface area (Å²) in [6.07, 6.45) is 9.53. The van der Waals surface area contributed by atoms with E-state index in [4.69, 9.17) is 0 Å². The van der Waals surface area contributed by atoms with Crippen LogP contribution in [0.15, 0.2) is 22.9 Å². The van der Waals surface area contributed by atoms with E-state index < -0.39 is 0 Å². The summed E-state index contributed by atoms with van der Waals surface area (Å²) >= 11 is 3.46. The van der Waals surface area contributed by atoms with Gasteiger partial charge in [-0.2, -0.15) is 0 Å². The maximum atomic E-state index is 4.20. The van der Waals surface area contributed by atoms with E-state index in [0.29, 0.717) is 0 Å². The molecule has 2 aliphatic rings. The molecule has 2 saturated carbocycles. The number of rotatable bonds is 5. The zero-order valence-electron chi connectivity index (χ0n) is 9.32. The summed E-state index contributed by atoms with van der Waals surface area (Å²) in [5.74, 6) is 1.93. The Morgan fingerprint density at radius 2 is 1.94 bits per heavy atom. The van der Waals surface area contributed by atoms with Crippen LogP contribution in [-0.4, -0.2) is 11.0 Å². The van der Waals surface area contributed by atoms with Crippen molar-refractivity contribution < 1.29 is 0 Å². The quantitative estimate of drug-likeness (QED) is 0.897. The van der Waals surface area contributed by atoms with Crippen LogP contribution in [0.5, 0.6) is 0 Å². The Hall–Kier alpha value is -0.410. The van der Waals surface area contributed by atoms with E-state index in [1.165, 1.54) is 31.2 Å². The molecule has 86 valence electrons. The minimum Gasteiger partial charge on any atom is -0.309 e. The maximum absolute atomic E-state index is 4.20. The number of aromatic nitrogens is 1. The van der Waals surface area contributed by atoms with Crippen LogP contribution in [0.4, 0.5) is 0 Å². The van der Waals surface area contributed by atoms with Gasteiger partial charge in [-0.05, 0) is 65.1 Å². The zero-order valence-corrected chi connectivity index (χ0v) is 10.9. The van der Waals surface area contributed by atoms with Gasteiger partial charge in [-0.25, -0.2) is 0 Å². The molecule has 0 aliphatic heterocycles. The fourth-order valence-electron chi connectivity index (χ4n) is 2.42. The van der Waals surface area contributed by atoms with E-state index in [1.807, 2.05) is 12.4 Å². The van der Waals surface area contributed by atoms with E-state index in [9.17, 15) is 0 Å². The average Bonchev–Trinajstić information content (AvgIpc) is 3.13. The van der Waals surface area contributed by atoms with Crippen molar-refractivity contribution in [3.05, 3.63) is 28.5 Å². The zero-order chi connectivity index (χ0) is 11.0. The van der Waals surface area contributed by atoms with E-state index >= 15 is 0 Å². The molecular formula is C13H17BrN2. The SMILES string of the molecule is Brc1cncc(CNC(C2CC2)C2CC2)c1. The van der Waals surface area contributed by atoms with Gasteiger partial charge in [0.25, 0.3) is 0 Å². The van der Waals surface area contributed by atoms with Crippen LogP contribution in [0.25, 0.3) is 0 Å². The number of hydrogen-bond acceptors (Lipinski definition) is 2. The molecule has 0 atom stereocenters. The van der Waals surface area contributed by atoms with Gasteiger partial charge in [-0.1, -0.05) is 0 Å². The lowest BCUT2D eigenvalue weighted by Crippen LogP contribution is -2.32. The topological polar surface area (TPSA) is 24.9 Å². The second-order valence-electron chi connectivity index (χ2n) is 5.09. The van der Waals surface area contributed by atoms with Gasteiger partial charge in [0, 0.05) is 29.5 Å². The monoisotopic (exact) mass is 280 g/mol. The molecule has 0 radical (unpaired) electrons. The number of hydrogen-bond donors (Lipinski definition) is 1. The van der Waals surface area contributed by atoms with Crippen molar-refractivity contribution in [1.29, 1.82) is 0 Å². The Balaban J connectivity index is 1.58. The largest absolute Gasteiger partial charge is 0.309 e. The predicted octanol–water partition coefficient (Wildman–Crippen LogP) is 3.12. The Morgan fingerprint density at radius 1 is 1.25 bits per heavy atom. The molecule has 0 unspecified atom stereocenters. The third-order valence-electron chi connectivity index (χ3n) is 3.56. The summed E-state index contributed by atoms with van der Waals surface area (Å²) in [6.45, 7) is 0.962. The van der Waals surface area contributed by atoms with Crippen LogP contribution < -0.4 is 5.32 Å². The first-order chi connectivity index (χ1) is 7.83. The Labute approximate surface area is 105 Å². The van der Waals surface area contributed by atoms with Gasteiger partial charge in [0.2, 0.25) is 0 Å². The highest BCUT2D eigenvalue weighted by Gasteiger charge is 2.40. The van der Waals surface area contributed by atoms with Crippen molar-refractivity contribution in [2.45, 2.75) is 38.3 Å². The molecule has 0 saturated heterocycles. The van der Waals surface area contributed by atoms with Gasteiger partial charge < -0.3 is 5.32 Å². The van der Waals surface area contributed by atoms with Gasteiger partial charge in [0.15, 0.2) is 0 Å². The van der Waals surface area contributed by atoms with Gasteiger partial charge in [0.1, 0.15) is 0 Å². The van der Waals surface area contributed by atoms with Crippen molar-refractivity contribution in [2.75, 3.05) is 0 Å². The second kappa shape index (κ2) is 4.46. The first-order valence-corrected chi connectivity index (χ1v) is 6.95. The van der Waals surface area contributed by atoms with Crippen LogP contribution in [0.2, 0.25) is 0 Å². The highest BCUT2D eigenvalue weighted by molar-refractivity contribution is 9.10. The predicted molar refractivity (Wildman–Crippen MR) is 68.0 cm³/mol. The Kier molecular flexibility index (Phi) is 2.99. The Bertz CT molecular complexity index is 360. The summed E-state index contributed by atoms with van der Waals surface area (Å²) in [5.41, 5.74) is 1.28. The average molecular weight is 281 g/mol. The number of halogens is 1. The normalized spacial score (nSPS) is 20.4. The lowest BCUT2D eigenvalue weighted by molar-refractivity contribution is 0.415. The minimum atomic E-state index is 0.777. The number of nitrogens with zero attached hydrogens (tertiary/aromatic N) is 1. The summed E-state index contributed by atoms with van der Waals surface area (Å²) in [7, 11) is 0. The molecule has 3 heteroatoms. The van der Waals surface area contributed by atoms with Crippen LogP contribution in [0.1, 0.15) is 31.2 Å². The van der Waals surface area contributed by atoms with Crippen molar-refractivity contribution in [2.24, 2.45) is 11.8 Å². The highest BCUT2D eigenvalue weighted by Crippen LogP contribution is 2.44. The van der Waals surface area contributed by atoms with Crippen LogP contribution >= 0.6 is 15.9 Å². The number of nitrogens with one attached hydrogen (secondary N) is 1. The molecule has 1 aromatic rings. The van der Waals surface area contributed by atoms with Crippen molar-refractivity contribution in [3.8, 4) is 0 Å². The highest BCUT2D eigenvalue weighted by atomic mass is 79.9. The molecule has 0 aromatic carbocycles. The molecular weight excluding hydrogens is 264 g/mol. The van der Waals surface area contributed by atoms with Gasteiger partial charge in [-0.3, -0.25) is 4.98 Å². The van der Waals surface area contributed by atoms with E-state index in [1.54, 1.807) is 0 Å². The molecule has 0 spiro atoms. The van der Waals surface area contributed by atoms with E-state index in [-0.39, 0.29) is 0 Å². The molecule has 1 N–H and O–H groups in total.